The van der Waals surface area contributed by atoms with E-state index in [-0.39, 0.29) is 11.9 Å². The van der Waals surface area contributed by atoms with Gasteiger partial charge in [-0.3, -0.25) is 9.69 Å². The van der Waals surface area contributed by atoms with Crippen molar-refractivity contribution in [2.75, 3.05) is 61.1 Å². The Kier molecular flexibility index (Phi) is 7.35. The molecule has 1 N–H and O–H groups in total. The number of rotatable bonds is 8. The van der Waals surface area contributed by atoms with Crippen LogP contribution in [0.5, 0.6) is 17.2 Å². The molecule has 1 aromatic carbocycles. The molecule has 1 saturated heterocycles. The van der Waals surface area contributed by atoms with Gasteiger partial charge in [-0.15, -0.1) is 11.3 Å². The highest BCUT2D eigenvalue weighted by Gasteiger charge is 2.25. The summed E-state index contributed by atoms with van der Waals surface area (Å²) in [6.45, 7) is 4.57. The Bertz CT molecular complexity index is 779. The fourth-order valence-electron chi connectivity index (χ4n) is 3.53. The van der Waals surface area contributed by atoms with Crippen LogP contribution in [0.1, 0.15) is 21.3 Å². The Morgan fingerprint density at radius 3 is 2.28 bits per heavy atom. The van der Waals surface area contributed by atoms with Gasteiger partial charge in [0.25, 0.3) is 5.91 Å². The summed E-state index contributed by atoms with van der Waals surface area (Å²) in [6.07, 6.45) is 0. The number of nitrogens with one attached hydrogen (secondary N) is 1. The molecule has 0 saturated carbocycles. The van der Waals surface area contributed by atoms with Crippen LogP contribution in [0.25, 0.3) is 0 Å². The fraction of sp³-hybridized carbons (Fsp3) is 0.476. The molecule has 3 rings (SSSR count). The average Bonchev–Trinajstić information content (AvgIpc) is 3.28. The minimum Gasteiger partial charge on any atom is -0.493 e. The standard InChI is InChI=1S/C21H29N3O4S/c1-23-7-9-24(10-8-23)16(19-6-5-11-29-19)14-22-21(25)15-12-17(26-2)20(28-4)18(13-15)27-3/h5-6,11-13,16H,7-10,14H2,1-4H3,(H,22,25)/t16-/m0/s1. The van der Waals surface area contributed by atoms with Crippen molar-refractivity contribution in [3.05, 3.63) is 40.1 Å². The summed E-state index contributed by atoms with van der Waals surface area (Å²) in [6, 6.07) is 7.71. The van der Waals surface area contributed by atoms with Gasteiger partial charge >= 0.3 is 0 Å². The van der Waals surface area contributed by atoms with Crippen molar-refractivity contribution in [2.24, 2.45) is 0 Å². The molecule has 1 amide bonds. The molecule has 1 aliphatic rings. The summed E-state index contributed by atoms with van der Waals surface area (Å²) in [5.41, 5.74) is 0.475. The molecule has 7 nitrogen and oxygen atoms in total. The lowest BCUT2D eigenvalue weighted by atomic mass is 10.1. The van der Waals surface area contributed by atoms with Crippen LogP contribution in [0.3, 0.4) is 0 Å². The number of piperazine rings is 1. The quantitative estimate of drug-likeness (QED) is 0.709. The van der Waals surface area contributed by atoms with Crippen LogP contribution in [0.4, 0.5) is 0 Å². The van der Waals surface area contributed by atoms with Crippen LogP contribution in [0, 0.1) is 0 Å². The van der Waals surface area contributed by atoms with E-state index in [0.717, 1.165) is 26.2 Å². The molecule has 0 bridgehead atoms. The number of carbonyl (C=O) groups excluding carboxylic acids is 1. The molecule has 158 valence electrons. The molecule has 2 aromatic rings. The zero-order chi connectivity index (χ0) is 20.8. The van der Waals surface area contributed by atoms with E-state index in [2.05, 4.69) is 39.7 Å². The lowest BCUT2D eigenvalue weighted by Crippen LogP contribution is -2.48. The summed E-state index contributed by atoms with van der Waals surface area (Å²) in [4.78, 5) is 18.9. The Labute approximate surface area is 176 Å². The van der Waals surface area contributed by atoms with Gasteiger partial charge in [-0.2, -0.15) is 0 Å². The largest absolute Gasteiger partial charge is 0.493 e. The normalized spacial score (nSPS) is 16.3. The number of carbonyl (C=O) groups is 1. The van der Waals surface area contributed by atoms with E-state index in [0.29, 0.717) is 29.4 Å². The third-order valence-corrected chi connectivity index (χ3v) is 6.21. The van der Waals surface area contributed by atoms with Crippen molar-refractivity contribution in [2.45, 2.75) is 6.04 Å². The molecule has 1 atom stereocenters. The zero-order valence-electron chi connectivity index (χ0n) is 17.4. The van der Waals surface area contributed by atoms with Crippen LogP contribution in [-0.4, -0.2) is 76.8 Å². The van der Waals surface area contributed by atoms with Gasteiger partial charge in [0.05, 0.1) is 27.4 Å². The predicted molar refractivity (Wildman–Crippen MR) is 115 cm³/mol. The molecule has 8 heteroatoms. The van der Waals surface area contributed by atoms with E-state index >= 15 is 0 Å². The van der Waals surface area contributed by atoms with Crippen molar-refractivity contribution in [3.63, 3.8) is 0 Å². The third kappa shape index (κ3) is 5.01. The van der Waals surface area contributed by atoms with Gasteiger partial charge in [-0.05, 0) is 30.6 Å². The molecule has 1 aliphatic heterocycles. The van der Waals surface area contributed by atoms with Crippen molar-refractivity contribution in [3.8, 4) is 17.2 Å². The summed E-state index contributed by atoms with van der Waals surface area (Å²) < 4.78 is 16.1. The van der Waals surface area contributed by atoms with Gasteiger partial charge in [0.15, 0.2) is 11.5 Å². The van der Waals surface area contributed by atoms with Crippen LogP contribution >= 0.6 is 11.3 Å². The Morgan fingerprint density at radius 1 is 1.10 bits per heavy atom. The van der Waals surface area contributed by atoms with Crippen LogP contribution < -0.4 is 19.5 Å². The molecule has 29 heavy (non-hydrogen) atoms. The number of nitrogens with zero attached hydrogens (tertiary/aromatic N) is 2. The number of amides is 1. The Morgan fingerprint density at radius 2 is 1.76 bits per heavy atom. The van der Waals surface area contributed by atoms with Gasteiger partial charge < -0.3 is 24.4 Å². The maximum absolute atomic E-state index is 12.9. The number of methoxy groups -OCH3 is 3. The zero-order valence-corrected chi connectivity index (χ0v) is 18.3. The van der Waals surface area contributed by atoms with Crippen molar-refractivity contribution < 1.29 is 19.0 Å². The molecule has 1 aromatic heterocycles. The molecule has 0 unspecified atom stereocenters. The van der Waals surface area contributed by atoms with Gasteiger partial charge in [-0.1, -0.05) is 6.07 Å². The monoisotopic (exact) mass is 419 g/mol. The van der Waals surface area contributed by atoms with Crippen molar-refractivity contribution >= 4 is 17.2 Å². The average molecular weight is 420 g/mol. The lowest BCUT2D eigenvalue weighted by Gasteiger charge is -2.37. The van der Waals surface area contributed by atoms with Crippen molar-refractivity contribution in [1.82, 2.24) is 15.1 Å². The van der Waals surface area contributed by atoms with E-state index in [1.807, 2.05) is 0 Å². The number of hydrogen-bond acceptors (Lipinski definition) is 7. The molecule has 1 fully saturated rings. The SMILES string of the molecule is COc1cc(C(=O)NC[C@@H](c2cccs2)N2CCN(C)CC2)cc(OC)c1OC. The van der Waals surface area contributed by atoms with E-state index in [1.165, 1.54) is 4.88 Å². The van der Waals surface area contributed by atoms with Crippen LogP contribution in [0.15, 0.2) is 29.6 Å². The first-order chi connectivity index (χ1) is 14.1. The second-order valence-electron chi connectivity index (χ2n) is 6.99. The predicted octanol–water partition coefficient (Wildman–Crippen LogP) is 2.49. The second kappa shape index (κ2) is 9.96. The van der Waals surface area contributed by atoms with Gasteiger partial charge in [0.1, 0.15) is 0 Å². The summed E-state index contributed by atoms with van der Waals surface area (Å²) in [5, 5.41) is 5.18. The summed E-state index contributed by atoms with van der Waals surface area (Å²) in [7, 11) is 6.77. The van der Waals surface area contributed by atoms with Gasteiger partial charge in [-0.25, -0.2) is 0 Å². The topological polar surface area (TPSA) is 63.3 Å². The maximum atomic E-state index is 12.9. The molecule has 0 aliphatic carbocycles. The molecule has 0 radical (unpaired) electrons. The minimum absolute atomic E-state index is 0.162. The fourth-order valence-corrected chi connectivity index (χ4v) is 4.39. The summed E-state index contributed by atoms with van der Waals surface area (Å²) in [5.74, 6) is 1.23. The van der Waals surface area contributed by atoms with E-state index < -0.39 is 0 Å². The first-order valence-electron chi connectivity index (χ1n) is 9.61. The minimum atomic E-state index is -0.167. The first kappa shape index (κ1) is 21.4. The maximum Gasteiger partial charge on any atom is 0.251 e. The number of hydrogen-bond donors (Lipinski definition) is 1. The molecule has 0 spiro atoms. The number of ether oxygens (including phenoxy) is 3. The van der Waals surface area contributed by atoms with Gasteiger partial charge in [0, 0.05) is 43.2 Å². The smallest absolute Gasteiger partial charge is 0.251 e. The van der Waals surface area contributed by atoms with Crippen LogP contribution in [-0.2, 0) is 0 Å². The highest BCUT2D eigenvalue weighted by atomic mass is 32.1. The lowest BCUT2D eigenvalue weighted by molar-refractivity contribution is 0.0889. The highest BCUT2D eigenvalue weighted by molar-refractivity contribution is 7.10. The first-order valence-corrected chi connectivity index (χ1v) is 10.5. The molecule has 2 heterocycles. The van der Waals surface area contributed by atoms with Crippen molar-refractivity contribution in [1.29, 1.82) is 0 Å². The van der Waals surface area contributed by atoms with E-state index in [9.17, 15) is 4.79 Å². The van der Waals surface area contributed by atoms with Gasteiger partial charge in [0.2, 0.25) is 5.75 Å². The molecular formula is C21H29N3O4S. The highest BCUT2D eigenvalue weighted by Crippen LogP contribution is 2.38. The summed E-state index contributed by atoms with van der Waals surface area (Å²) >= 11 is 1.73. The Hall–Kier alpha value is -2.29. The van der Waals surface area contributed by atoms with Crippen LogP contribution in [0.2, 0.25) is 0 Å². The second-order valence-corrected chi connectivity index (χ2v) is 7.97. The third-order valence-electron chi connectivity index (χ3n) is 5.23. The van der Waals surface area contributed by atoms with E-state index in [1.54, 1.807) is 44.8 Å². The number of benzene rings is 1. The van der Waals surface area contributed by atoms with E-state index in [4.69, 9.17) is 14.2 Å². The number of likely N-dealkylation sites (N-methyl/N-ethyl adjacent to an activating group) is 1. The Balaban J connectivity index is 1.75. The number of thiophene rings is 1. The molecular weight excluding hydrogens is 390 g/mol.